The van der Waals surface area contributed by atoms with Gasteiger partial charge in [0, 0.05) is 32.6 Å². The maximum Gasteiger partial charge on any atom is 0.238 e. The Balaban J connectivity index is 1.62. The lowest BCUT2D eigenvalue weighted by Gasteiger charge is -2.46. The second kappa shape index (κ2) is 8.52. The van der Waals surface area contributed by atoms with Crippen molar-refractivity contribution in [1.29, 1.82) is 0 Å². The molecule has 1 aliphatic heterocycles. The van der Waals surface area contributed by atoms with Gasteiger partial charge in [-0.3, -0.25) is 14.4 Å². The number of carbonyl (C=O) groups is 1. The SMILES string of the molecule is CC(=O)N(C)C1=NN(C)c2cc3cnc(Nc4ccc(S(N)(=O)=O)cc4F)nc3n2C12CCCCC2. The van der Waals surface area contributed by atoms with Crippen LogP contribution in [-0.4, -0.2) is 53.7 Å². The maximum absolute atomic E-state index is 14.6. The van der Waals surface area contributed by atoms with E-state index in [-0.39, 0.29) is 22.4 Å². The molecule has 3 N–H and O–H groups in total. The molecule has 13 heteroatoms. The Kier molecular flexibility index (Phi) is 5.71. The molecule has 3 heterocycles. The summed E-state index contributed by atoms with van der Waals surface area (Å²) in [7, 11) is -0.475. The van der Waals surface area contributed by atoms with Crippen LogP contribution in [0.5, 0.6) is 0 Å². The second-order valence-electron chi connectivity index (χ2n) is 9.24. The van der Waals surface area contributed by atoms with Crippen LogP contribution >= 0.6 is 0 Å². The standard InChI is InChI=1S/C23H27FN8O3S/c1-14(33)30(2)21-23(9-5-4-6-10-23)32-19(31(3)29-21)11-15-13-26-22(28-20(15)32)27-18-8-7-16(12-17(18)24)36(25,34)35/h7-8,11-13H,4-6,9-10H2,1-3H3,(H2,25,34,35)(H,26,27,28). The number of amidine groups is 1. The van der Waals surface area contributed by atoms with Gasteiger partial charge in [-0.1, -0.05) is 19.3 Å². The second-order valence-corrected chi connectivity index (χ2v) is 10.8. The van der Waals surface area contributed by atoms with Crippen molar-refractivity contribution in [3.8, 4) is 0 Å². The number of rotatable bonds is 3. The highest BCUT2D eigenvalue weighted by Gasteiger charge is 2.47. The molecule has 1 saturated carbocycles. The molecule has 0 bridgehead atoms. The van der Waals surface area contributed by atoms with Gasteiger partial charge in [0.15, 0.2) is 5.84 Å². The summed E-state index contributed by atoms with van der Waals surface area (Å²) < 4.78 is 39.8. The van der Waals surface area contributed by atoms with Gasteiger partial charge in [0.1, 0.15) is 22.8 Å². The van der Waals surface area contributed by atoms with Crippen LogP contribution in [0.25, 0.3) is 11.0 Å². The molecule has 190 valence electrons. The van der Waals surface area contributed by atoms with Crippen molar-refractivity contribution in [2.24, 2.45) is 10.2 Å². The van der Waals surface area contributed by atoms with E-state index in [0.29, 0.717) is 11.5 Å². The third-order valence-electron chi connectivity index (χ3n) is 6.93. The van der Waals surface area contributed by atoms with E-state index in [1.165, 1.54) is 19.1 Å². The molecule has 1 amide bonds. The van der Waals surface area contributed by atoms with Gasteiger partial charge in [-0.2, -0.15) is 10.1 Å². The zero-order valence-corrected chi connectivity index (χ0v) is 21.0. The van der Waals surface area contributed by atoms with E-state index in [0.717, 1.165) is 49.4 Å². The minimum absolute atomic E-state index is 0.00948. The number of nitrogens with zero attached hydrogens (tertiary/aromatic N) is 6. The highest BCUT2D eigenvalue weighted by Crippen LogP contribution is 2.45. The van der Waals surface area contributed by atoms with Gasteiger partial charge in [-0.15, -0.1) is 0 Å². The van der Waals surface area contributed by atoms with Gasteiger partial charge in [0.25, 0.3) is 0 Å². The first-order chi connectivity index (χ1) is 17.0. The minimum Gasteiger partial charge on any atom is -0.322 e. The van der Waals surface area contributed by atoms with E-state index < -0.39 is 21.4 Å². The fourth-order valence-electron chi connectivity index (χ4n) is 5.09. The van der Waals surface area contributed by atoms with Gasteiger partial charge < -0.3 is 10.2 Å². The van der Waals surface area contributed by atoms with E-state index >= 15 is 0 Å². The largest absolute Gasteiger partial charge is 0.322 e. The van der Waals surface area contributed by atoms with Crippen LogP contribution < -0.4 is 15.5 Å². The molecule has 5 rings (SSSR count). The highest BCUT2D eigenvalue weighted by molar-refractivity contribution is 7.89. The van der Waals surface area contributed by atoms with Crippen molar-refractivity contribution in [1.82, 2.24) is 19.4 Å². The monoisotopic (exact) mass is 514 g/mol. The van der Waals surface area contributed by atoms with Crippen molar-refractivity contribution in [2.75, 3.05) is 24.4 Å². The average Bonchev–Trinajstić information content (AvgIpc) is 3.22. The molecule has 2 aromatic heterocycles. The first kappa shape index (κ1) is 24.1. The number of aromatic nitrogens is 3. The molecule has 1 fully saturated rings. The number of hydrogen-bond acceptors (Lipinski definition) is 8. The Morgan fingerprint density at radius 1 is 1.22 bits per heavy atom. The number of benzene rings is 1. The zero-order chi connectivity index (χ0) is 25.8. The Bertz CT molecular complexity index is 1510. The molecule has 1 spiro atoms. The van der Waals surface area contributed by atoms with Gasteiger partial charge in [-0.05, 0) is 37.1 Å². The number of hydrogen-bond donors (Lipinski definition) is 2. The lowest BCUT2D eigenvalue weighted by molar-refractivity contribution is -0.124. The van der Waals surface area contributed by atoms with Crippen molar-refractivity contribution in [2.45, 2.75) is 49.5 Å². The molecule has 36 heavy (non-hydrogen) atoms. The zero-order valence-electron chi connectivity index (χ0n) is 20.2. The fourth-order valence-corrected chi connectivity index (χ4v) is 5.61. The summed E-state index contributed by atoms with van der Waals surface area (Å²) in [6, 6.07) is 5.29. The predicted molar refractivity (Wildman–Crippen MR) is 134 cm³/mol. The number of sulfonamides is 1. The number of primary sulfonamides is 1. The number of likely N-dealkylation sites (N-methyl/N-ethyl adjacent to an activating group) is 1. The number of nitrogens with one attached hydrogen (secondary N) is 1. The summed E-state index contributed by atoms with van der Waals surface area (Å²) in [6.07, 6.45) is 6.29. The van der Waals surface area contributed by atoms with Crippen LogP contribution in [0.2, 0.25) is 0 Å². The quantitative estimate of drug-likeness (QED) is 0.548. The van der Waals surface area contributed by atoms with Crippen molar-refractivity contribution < 1.29 is 17.6 Å². The molecular weight excluding hydrogens is 487 g/mol. The Morgan fingerprint density at radius 3 is 2.58 bits per heavy atom. The number of carbonyl (C=O) groups excluding carboxylic acids is 1. The van der Waals surface area contributed by atoms with Crippen LogP contribution in [-0.2, 0) is 20.4 Å². The minimum atomic E-state index is -4.03. The van der Waals surface area contributed by atoms with E-state index in [1.54, 1.807) is 23.2 Å². The van der Waals surface area contributed by atoms with E-state index in [4.69, 9.17) is 15.2 Å². The first-order valence-corrected chi connectivity index (χ1v) is 13.1. The van der Waals surface area contributed by atoms with E-state index in [2.05, 4.69) is 14.9 Å². The van der Waals surface area contributed by atoms with Crippen LogP contribution in [0.15, 0.2) is 40.5 Å². The fraction of sp³-hybridized carbons (Fsp3) is 0.391. The summed E-state index contributed by atoms with van der Waals surface area (Å²) in [6.45, 7) is 1.52. The number of halogens is 1. The lowest BCUT2D eigenvalue weighted by Crippen LogP contribution is -2.55. The van der Waals surface area contributed by atoms with Crippen LogP contribution in [0.3, 0.4) is 0 Å². The Hall–Kier alpha value is -3.58. The van der Waals surface area contributed by atoms with Gasteiger partial charge >= 0.3 is 0 Å². The van der Waals surface area contributed by atoms with Crippen LogP contribution in [0.4, 0.5) is 21.8 Å². The highest BCUT2D eigenvalue weighted by atomic mass is 32.2. The average molecular weight is 515 g/mol. The summed E-state index contributed by atoms with van der Waals surface area (Å²) in [5, 5.41) is 15.2. The number of amides is 1. The summed E-state index contributed by atoms with van der Waals surface area (Å²) in [5.74, 6) is 0.719. The smallest absolute Gasteiger partial charge is 0.238 e. The third-order valence-corrected chi connectivity index (χ3v) is 7.84. The molecule has 2 aliphatic rings. The normalized spacial score (nSPS) is 17.1. The Morgan fingerprint density at radius 2 is 1.94 bits per heavy atom. The first-order valence-electron chi connectivity index (χ1n) is 11.6. The van der Waals surface area contributed by atoms with Crippen molar-refractivity contribution in [3.63, 3.8) is 0 Å². The van der Waals surface area contributed by atoms with Crippen LogP contribution in [0, 0.1) is 5.82 Å². The summed E-state index contributed by atoms with van der Waals surface area (Å²) in [4.78, 5) is 22.7. The number of anilines is 3. The Labute approximate surface area is 207 Å². The van der Waals surface area contributed by atoms with Gasteiger partial charge in [0.2, 0.25) is 21.9 Å². The van der Waals surface area contributed by atoms with Crippen molar-refractivity contribution in [3.05, 3.63) is 36.3 Å². The van der Waals surface area contributed by atoms with Gasteiger partial charge in [0.05, 0.1) is 10.6 Å². The number of hydrazone groups is 1. The van der Waals surface area contributed by atoms with Crippen LogP contribution in [0.1, 0.15) is 39.0 Å². The molecule has 0 radical (unpaired) electrons. The molecule has 0 saturated heterocycles. The molecule has 11 nitrogen and oxygen atoms in total. The molecule has 0 unspecified atom stereocenters. The maximum atomic E-state index is 14.6. The number of fused-ring (bicyclic) bond motifs is 4. The number of nitrogens with two attached hydrogens (primary N) is 1. The van der Waals surface area contributed by atoms with Crippen molar-refractivity contribution >= 4 is 50.3 Å². The third kappa shape index (κ3) is 3.88. The van der Waals surface area contributed by atoms with Gasteiger partial charge in [-0.25, -0.2) is 22.9 Å². The molecule has 0 atom stereocenters. The predicted octanol–water partition coefficient (Wildman–Crippen LogP) is 2.86. The molecule has 3 aromatic rings. The van der Waals surface area contributed by atoms with E-state index in [1.807, 2.05) is 13.1 Å². The summed E-state index contributed by atoms with van der Waals surface area (Å²) >= 11 is 0. The topological polar surface area (TPSA) is 139 Å². The molecule has 1 aliphatic carbocycles. The lowest BCUT2D eigenvalue weighted by atomic mass is 9.79. The summed E-state index contributed by atoms with van der Waals surface area (Å²) in [5.41, 5.74) is 0.0772. The molecule has 1 aromatic carbocycles. The van der Waals surface area contributed by atoms with E-state index in [9.17, 15) is 17.6 Å². The molecular formula is C23H27FN8O3S.